The number of hydrogen-bond acceptors (Lipinski definition) is 7. The highest BCUT2D eigenvalue weighted by Crippen LogP contribution is 2.40. The van der Waals surface area contributed by atoms with E-state index in [0.717, 1.165) is 17.2 Å². The molecule has 0 saturated carbocycles. The summed E-state index contributed by atoms with van der Waals surface area (Å²) >= 11 is 0. The molecule has 1 unspecified atom stereocenters. The fourth-order valence-electron chi connectivity index (χ4n) is 5.05. The van der Waals surface area contributed by atoms with Gasteiger partial charge in [-0.3, -0.25) is 4.79 Å². The average Bonchev–Trinajstić information content (AvgIpc) is 3.57. The van der Waals surface area contributed by atoms with Crippen LogP contribution in [0.2, 0.25) is 0 Å². The number of amides is 1. The number of alkyl halides is 3. The number of aromatic nitrogens is 3. The van der Waals surface area contributed by atoms with E-state index in [1.165, 1.54) is 13.2 Å². The van der Waals surface area contributed by atoms with Crippen LogP contribution in [0.25, 0.3) is 16.9 Å². The van der Waals surface area contributed by atoms with Gasteiger partial charge in [-0.1, -0.05) is 0 Å². The van der Waals surface area contributed by atoms with Crippen molar-refractivity contribution in [1.29, 1.82) is 0 Å². The molecule has 2 aliphatic heterocycles. The van der Waals surface area contributed by atoms with Gasteiger partial charge in [0.2, 0.25) is 6.79 Å². The molecule has 0 N–H and O–H groups in total. The maximum Gasteiger partial charge on any atom is 0.433 e. The molecule has 0 fully saturated rings. The first-order valence-electron chi connectivity index (χ1n) is 12.1. The van der Waals surface area contributed by atoms with Gasteiger partial charge in [0, 0.05) is 18.2 Å². The highest BCUT2D eigenvalue weighted by molar-refractivity contribution is 5.94. The minimum absolute atomic E-state index is 0.0346. The van der Waals surface area contributed by atoms with E-state index in [4.69, 9.17) is 18.9 Å². The van der Waals surface area contributed by atoms with E-state index in [1.807, 2.05) is 19.1 Å². The third kappa shape index (κ3) is 4.16. The molecule has 202 valence electrons. The highest BCUT2D eigenvalue weighted by Gasteiger charge is 2.37. The number of nitrogens with zero attached hydrogens (tertiary/aromatic N) is 4. The van der Waals surface area contributed by atoms with E-state index in [2.05, 4.69) is 10.1 Å². The number of benzene rings is 2. The molecule has 1 atom stereocenters. The van der Waals surface area contributed by atoms with Gasteiger partial charge in [0.25, 0.3) is 5.91 Å². The van der Waals surface area contributed by atoms with Crippen LogP contribution in [-0.2, 0) is 12.6 Å². The number of carbonyl (C=O) groups excluding carboxylic acids is 1. The molecule has 0 radical (unpaired) electrons. The van der Waals surface area contributed by atoms with Gasteiger partial charge in [-0.2, -0.15) is 18.3 Å². The molecule has 4 aromatic rings. The minimum atomic E-state index is -4.74. The summed E-state index contributed by atoms with van der Waals surface area (Å²) in [5, 5.41) is 4.05. The first kappa shape index (κ1) is 24.8. The van der Waals surface area contributed by atoms with Crippen molar-refractivity contribution in [2.24, 2.45) is 0 Å². The Morgan fingerprint density at radius 2 is 1.77 bits per heavy atom. The molecule has 0 saturated heterocycles. The minimum Gasteiger partial charge on any atom is -0.493 e. The Labute approximate surface area is 220 Å². The smallest absolute Gasteiger partial charge is 0.433 e. The number of hydrogen-bond donors (Lipinski definition) is 0. The largest absolute Gasteiger partial charge is 0.493 e. The predicted molar refractivity (Wildman–Crippen MR) is 132 cm³/mol. The Hall–Kier alpha value is -4.48. The first-order chi connectivity index (χ1) is 18.7. The summed E-state index contributed by atoms with van der Waals surface area (Å²) in [6.07, 6.45) is -4.20. The molecule has 2 aromatic carbocycles. The van der Waals surface area contributed by atoms with E-state index in [1.54, 1.807) is 30.2 Å². The number of fused-ring (bicyclic) bond motifs is 3. The molecule has 2 aliphatic rings. The molecule has 0 aliphatic carbocycles. The van der Waals surface area contributed by atoms with Crippen molar-refractivity contribution in [2.45, 2.75) is 25.6 Å². The zero-order chi connectivity index (χ0) is 27.5. The Morgan fingerprint density at radius 1 is 1.03 bits per heavy atom. The van der Waals surface area contributed by atoms with Crippen LogP contribution >= 0.6 is 0 Å². The molecular formula is C27H23F3N4O5. The van der Waals surface area contributed by atoms with Crippen molar-refractivity contribution in [2.75, 3.05) is 27.6 Å². The van der Waals surface area contributed by atoms with Crippen LogP contribution in [0.1, 0.15) is 40.3 Å². The molecule has 4 heterocycles. The molecule has 0 spiro atoms. The standard InChI is InChI=1S/C27H23F3N4O5/c1-14-17-10-22(37-3)21(36-2)8-15(17)6-7-33(14)26(35)19-12-25-31-18(11-24(27(28,29)30)34(25)32-19)16-4-5-20-23(9-16)39-13-38-20/h4-5,8-12,14H,6-7,13H2,1-3H3. The van der Waals surface area contributed by atoms with Crippen LogP contribution in [0.5, 0.6) is 23.0 Å². The summed E-state index contributed by atoms with van der Waals surface area (Å²) in [4.78, 5) is 19.5. The fourth-order valence-corrected chi connectivity index (χ4v) is 5.05. The lowest BCUT2D eigenvalue weighted by Crippen LogP contribution is -2.39. The average molecular weight is 540 g/mol. The number of methoxy groups -OCH3 is 2. The Morgan fingerprint density at radius 3 is 2.51 bits per heavy atom. The van der Waals surface area contributed by atoms with E-state index in [-0.39, 0.29) is 29.9 Å². The third-order valence-electron chi connectivity index (χ3n) is 7.05. The number of halogens is 3. The molecule has 0 bridgehead atoms. The zero-order valence-corrected chi connectivity index (χ0v) is 21.2. The van der Waals surface area contributed by atoms with Crippen LogP contribution in [0.15, 0.2) is 42.5 Å². The Bertz CT molecular complexity index is 1620. The summed E-state index contributed by atoms with van der Waals surface area (Å²) in [7, 11) is 3.08. The van der Waals surface area contributed by atoms with Gasteiger partial charge in [-0.15, -0.1) is 0 Å². The maximum absolute atomic E-state index is 14.1. The van der Waals surface area contributed by atoms with Gasteiger partial charge in [0.05, 0.1) is 26.0 Å². The third-order valence-corrected chi connectivity index (χ3v) is 7.05. The summed E-state index contributed by atoms with van der Waals surface area (Å²) in [6, 6.07) is 10.3. The zero-order valence-electron chi connectivity index (χ0n) is 21.2. The quantitative estimate of drug-likeness (QED) is 0.363. The van der Waals surface area contributed by atoms with Crippen molar-refractivity contribution in [3.05, 3.63) is 65.0 Å². The summed E-state index contributed by atoms with van der Waals surface area (Å²) in [5.74, 6) is 1.54. The van der Waals surface area contributed by atoms with Gasteiger partial charge < -0.3 is 23.8 Å². The van der Waals surface area contributed by atoms with Gasteiger partial charge in [-0.25, -0.2) is 9.50 Å². The highest BCUT2D eigenvalue weighted by atomic mass is 19.4. The lowest BCUT2D eigenvalue weighted by Gasteiger charge is -2.35. The summed E-state index contributed by atoms with van der Waals surface area (Å²) in [6.45, 7) is 2.25. The topological polar surface area (TPSA) is 87.4 Å². The normalized spacial score (nSPS) is 16.4. The molecule has 39 heavy (non-hydrogen) atoms. The first-order valence-corrected chi connectivity index (χ1v) is 12.1. The van der Waals surface area contributed by atoms with Crippen molar-refractivity contribution in [3.63, 3.8) is 0 Å². The van der Waals surface area contributed by atoms with Crippen LogP contribution in [-0.4, -0.2) is 53.0 Å². The second-order valence-electron chi connectivity index (χ2n) is 9.22. The monoisotopic (exact) mass is 540 g/mol. The second-order valence-corrected chi connectivity index (χ2v) is 9.22. The van der Waals surface area contributed by atoms with Crippen LogP contribution in [0, 0.1) is 0 Å². The Balaban J connectivity index is 1.38. The molecule has 6 rings (SSSR count). The van der Waals surface area contributed by atoms with Gasteiger partial charge >= 0.3 is 6.18 Å². The van der Waals surface area contributed by atoms with Gasteiger partial charge in [-0.05, 0) is 60.9 Å². The van der Waals surface area contributed by atoms with E-state index in [9.17, 15) is 18.0 Å². The summed E-state index contributed by atoms with van der Waals surface area (Å²) < 4.78 is 64.4. The van der Waals surface area contributed by atoms with Gasteiger partial charge in [0.1, 0.15) is 0 Å². The fraction of sp³-hybridized carbons (Fsp3) is 0.296. The van der Waals surface area contributed by atoms with Crippen LogP contribution < -0.4 is 18.9 Å². The Kier molecular flexibility index (Phi) is 5.77. The van der Waals surface area contributed by atoms with E-state index in [0.29, 0.717) is 46.0 Å². The second kappa shape index (κ2) is 9.07. The molecule has 2 aromatic heterocycles. The molecule has 12 heteroatoms. The van der Waals surface area contributed by atoms with Crippen LogP contribution in [0.4, 0.5) is 13.2 Å². The maximum atomic E-state index is 14.1. The van der Waals surface area contributed by atoms with Gasteiger partial charge in [0.15, 0.2) is 40.0 Å². The SMILES string of the molecule is COc1cc2c(cc1OC)C(C)N(C(=O)c1cc3nc(-c4ccc5c(c4)OCO5)cc(C(F)(F)F)n3n1)CC2. The lowest BCUT2D eigenvalue weighted by atomic mass is 9.92. The van der Waals surface area contributed by atoms with Crippen molar-refractivity contribution in [1.82, 2.24) is 19.5 Å². The number of carbonyl (C=O) groups is 1. The van der Waals surface area contributed by atoms with Crippen molar-refractivity contribution < 1.29 is 36.9 Å². The van der Waals surface area contributed by atoms with Crippen molar-refractivity contribution in [3.8, 4) is 34.3 Å². The number of ether oxygens (including phenoxy) is 4. The number of rotatable bonds is 4. The summed E-state index contributed by atoms with van der Waals surface area (Å²) in [5.41, 5.74) is 1.07. The van der Waals surface area contributed by atoms with Crippen molar-refractivity contribution >= 4 is 11.6 Å². The van der Waals surface area contributed by atoms with E-state index >= 15 is 0 Å². The lowest BCUT2D eigenvalue weighted by molar-refractivity contribution is -0.142. The molecule has 1 amide bonds. The molecular weight excluding hydrogens is 517 g/mol. The van der Waals surface area contributed by atoms with Crippen LogP contribution in [0.3, 0.4) is 0 Å². The predicted octanol–water partition coefficient (Wildman–Crippen LogP) is 4.92. The van der Waals surface area contributed by atoms with E-state index < -0.39 is 17.8 Å². The molecule has 9 nitrogen and oxygen atoms in total.